The van der Waals surface area contributed by atoms with Crippen LogP contribution in [-0.4, -0.2) is 22.1 Å². The molecule has 0 heterocycles. The van der Waals surface area contributed by atoms with Crippen molar-refractivity contribution in [2.24, 2.45) is 0 Å². The van der Waals surface area contributed by atoms with Crippen molar-refractivity contribution in [1.82, 2.24) is 4.72 Å². The van der Waals surface area contributed by atoms with Gasteiger partial charge in [0.2, 0.25) is 10.0 Å². The second kappa shape index (κ2) is 5.71. The molecule has 0 aromatic heterocycles. The molecule has 92 valence electrons. The van der Waals surface area contributed by atoms with E-state index in [0.29, 0.717) is 12.2 Å². The summed E-state index contributed by atoms with van der Waals surface area (Å²) in [5.41, 5.74) is 0.850. The van der Waals surface area contributed by atoms with Crippen LogP contribution in [0.15, 0.2) is 23.1 Å². The summed E-state index contributed by atoms with van der Waals surface area (Å²) in [5.74, 6) is 2.70. The van der Waals surface area contributed by atoms with Gasteiger partial charge in [-0.1, -0.05) is 6.07 Å². The zero-order valence-corrected chi connectivity index (χ0v) is 10.7. The van der Waals surface area contributed by atoms with Crippen molar-refractivity contribution in [1.29, 1.82) is 0 Å². The third-order valence-corrected chi connectivity index (χ3v) is 3.65. The molecule has 0 aliphatic carbocycles. The second-order valence-corrected chi connectivity index (χ2v) is 5.24. The molecule has 0 fully saturated rings. The first-order valence-electron chi connectivity index (χ1n) is 5.09. The molecule has 4 nitrogen and oxygen atoms in total. The number of hydrogen-bond donors (Lipinski definition) is 1. The van der Waals surface area contributed by atoms with Gasteiger partial charge in [0, 0.05) is 13.0 Å². The molecule has 0 atom stereocenters. The Morgan fingerprint density at radius 2 is 2.18 bits per heavy atom. The van der Waals surface area contributed by atoms with E-state index in [0.717, 1.165) is 5.56 Å². The van der Waals surface area contributed by atoms with Crippen LogP contribution in [0.25, 0.3) is 0 Å². The first-order chi connectivity index (χ1) is 8.01. The topological polar surface area (TPSA) is 55.4 Å². The summed E-state index contributed by atoms with van der Waals surface area (Å²) >= 11 is 0. The first-order valence-corrected chi connectivity index (χ1v) is 6.57. The summed E-state index contributed by atoms with van der Waals surface area (Å²) in [5, 5.41) is 0. The van der Waals surface area contributed by atoms with Gasteiger partial charge in [0.25, 0.3) is 0 Å². The van der Waals surface area contributed by atoms with E-state index in [-0.39, 0.29) is 11.4 Å². The average Bonchev–Trinajstić information content (AvgIpc) is 2.29. The van der Waals surface area contributed by atoms with Crippen molar-refractivity contribution in [2.75, 3.05) is 13.7 Å². The molecule has 0 saturated heterocycles. The van der Waals surface area contributed by atoms with Gasteiger partial charge < -0.3 is 4.74 Å². The Balaban J connectivity index is 3.05. The lowest BCUT2D eigenvalue weighted by molar-refractivity contribution is 0.402. The first kappa shape index (κ1) is 13.6. The Bertz CT molecular complexity index is 529. The van der Waals surface area contributed by atoms with E-state index in [4.69, 9.17) is 11.2 Å². The van der Waals surface area contributed by atoms with Gasteiger partial charge in [-0.05, 0) is 24.6 Å². The fourth-order valence-corrected chi connectivity index (χ4v) is 2.61. The van der Waals surface area contributed by atoms with Crippen molar-refractivity contribution < 1.29 is 13.2 Å². The Morgan fingerprint density at radius 3 is 2.76 bits per heavy atom. The summed E-state index contributed by atoms with van der Waals surface area (Å²) in [7, 11) is -2.13. The number of rotatable bonds is 5. The lowest BCUT2D eigenvalue weighted by atomic mass is 10.2. The van der Waals surface area contributed by atoms with Crippen molar-refractivity contribution in [3.63, 3.8) is 0 Å². The van der Waals surface area contributed by atoms with Crippen LogP contribution in [0, 0.1) is 19.3 Å². The quantitative estimate of drug-likeness (QED) is 0.636. The van der Waals surface area contributed by atoms with Gasteiger partial charge in [0.15, 0.2) is 0 Å². The van der Waals surface area contributed by atoms with E-state index in [1.165, 1.54) is 7.11 Å². The zero-order chi connectivity index (χ0) is 12.9. The molecular formula is C12H15NO3S. The molecule has 1 N–H and O–H groups in total. The van der Waals surface area contributed by atoms with Gasteiger partial charge in [-0.15, -0.1) is 12.3 Å². The van der Waals surface area contributed by atoms with Gasteiger partial charge in [-0.3, -0.25) is 0 Å². The van der Waals surface area contributed by atoms with E-state index in [9.17, 15) is 8.42 Å². The van der Waals surface area contributed by atoms with Crippen LogP contribution < -0.4 is 9.46 Å². The largest absolute Gasteiger partial charge is 0.495 e. The van der Waals surface area contributed by atoms with Crippen LogP contribution in [0.5, 0.6) is 5.75 Å². The molecule has 0 amide bonds. The summed E-state index contributed by atoms with van der Waals surface area (Å²) in [4.78, 5) is 0.136. The highest BCUT2D eigenvalue weighted by atomic mass is 32.2. The van der Waals surface area contributed by atoms with Crippen LogP contribution in [0.4, 0.5) is 0 Å². The van der Waals surface area contributed by atoms with Crippen LogP contribution in [0.3, 0.4) is 0 Å². The number of terminal acetylenes is 1. The molecule has 0 aliphatic rings. The zero-order valence-electron chi connectivity index (χ0n) is 9.86. The van der Waals surface area contributed by atoms with Crippen LogP contribution in [-0.2, 0) is 10.0 Å². The highest BCUT2D eigenvalue weighted by Crippen LogP contribution is 2.24. The van der Waals surface area contributed by atoms with Gasteiger partial charge in [-0.2, -0.15) is 0 Å². The predicted molar refractivity (Wildman–Crippen MR) is 66.4 cm³/mol. The molecule has 0 spiro atoms. The third kappa shape index (κ3) is 3.48. The SMILES string of the molecule is C#CCCNS(=O)(=O)c1cc(C)ccc1OC. The third-order valence-electron chi connectivity index (χ3n) is 2.17. The van der Waals surface area contributed by atoms with Crippen LogP contribution in [0.2, 0.25) is 0 Å². The molecule has 17 heavy (non-hydrogen) atoms. The number of aryl methyl sites for hydroxylation is 1. The smallest absolute Gasteiger partial charge is 0.244 e. The van der Waals surface area contributed by atoms with Crippen LogP contribution >= 0.6 is 0 Å². The van der Waals surface area contributed by atoms with Crippen molar-refractivity contribution in [2.45, 2.75) is 18.2 Å². The van der Waals surface area contributed by atoms with E-state index >= 15 is 0 Å². The average molecular weight is 253 g/mol. The highest BCUT2D eigenvalue weighted by molar-refractivity contribution is 7.89. The lowest BCUT2D eigenvalue weighted by Gasteiger charge is -2.10. The number of nitrogens with one attached hydrogen (secondary N) is 1. The van der Waals surface area contributed by atoms with E-state index < -0.39 is 10.0 Å². The summed E-state index contributed by atoms with van der Waals surface area (Å²) < 4.78 is 31.4. The van der Waals surface area contributed by atoms with Gasteiger partial charge in [0.1, 0.15) is 10.6 Å². The number of sulfonamides is 1. The summed E-state index contributed by atoms with van der Waals surface area (Å²) in [6.07, 6.45) is 5.42. The van der Waals surface area contributed by atoms with Gasteiger partial charge >= 0.3 is 0 Å². The van der Waals surface area contributed by atoms with Crippen molar-refractivity contribution >= 4 is 10.0 Å². The molecule has 0 radical (unpaired) electrons. The Labute approximate surface area is 102 Å². The predicted octanol–water partition coefficient (Wildman–Crippen LogP) is 1.31. The minimum atomic E-state index is -3.57. The van der Waals surface area contributed by atoms with Crippen LogP contribution in [0.1, 0.15) is 12.0 Å². The monoisotopic (exact) mass is 253 g/mol. The molecule has 0 aliphatic heterocycles. The van der Waals surface area contributed by atoms with Crippen molar-refractivity contribution in [3.05, 3.63) is 23.8 Å². The molecule has 0 saturated carbocycles. The fourth-order valence-electron chi connectivity index (χ4n) is 1.33. The summed E-state index contributed by atoms with van der Waals surface area (Å²) in [6.45, 7) is 2.04. The Morgan fingerprint density at radius 1 is 1.47 bits per heavy atom. The minimum Gasteiger partial charge on any atom is -0.495 e. The maximum atomic E-state index is 12.0. The normalized spacial score (nSPS) is 10.9. The lowest BCUT2D eigenvalue weighted by Crippen LogP contribution is -2.25. The van der Waals surface area contributed by atoms with E-state index in [1.807, 2.05) is 6.92 Å². The molecular weight excluding hydrogens is 238 g/mol. The molecule has 1 rings (SSSR count). The molecule has 5 heteroatoms. The number of methoxy groups -OCH3 is 1. The highest BCUT2D eigenvalue weighted by Gasteiger charge is 2.18. The van der Waals surface area contributed by atoms with E-state index in [2.05, 4.69) is 10.6 Å². The number of ether oxygens (including phenoxy) is 1. The molecule has 1 aromatic rings. The maximum absolute atomic E-state index is 12.0. The molecule has 1 aromatic carbocycles. The Kier molecular flexibility index (Phi) is 4.55. The molecule has 0 bridgehead atoms. The Hall–Kier alpha value is -1.51. The maximum Gasteiger partial charge on any atom is 0.244 e. The fraction of sp³-hybridized carbons (Fsp3) is 0.333. The summed E-state index contributed by atoms with van der Waals surface area (Å²) in [6, 6.07) is 4.99. The van der Waals surface area contributed by atoms with Gasteiger partial charge in [-0.25, -0.2) is 13.1 Å². The molecule has 0 unspecified atom stereocenters. The second-order valence-electron chi connectivity index (χ2n) is 3.51. The standard InChI is InChI=1S/C12H15NO3S/c1-4-5-8-13-17(14,15)12-9-10(2)6-7-11(12)16-3/h1,6-7,9,13H,5,8H2,2-3H3. The van der Waals surface area contributed by atoms with Gasteiger partial charge in [0.05, 0.1) is 7.11 Å². The number of benzene rings is 1. The number of hydrogen-bond acceptors (Lipinski definition) is 3. The van der Waals surface area contributed by atoms with E-state index in [1.54, 1.807) is 18.2 Å². The minimum absolute atomic E-state index is 0.136. The van der Waals surface area contributed by atoms with Crippen molar-refractivity contribution in [3.8, 4) is 18.1 Å².